The lowest BCUT2D eigenvalue weighted by Gasteiger charge is -2.38. The third kappa shape index (κ3) is 2.41. The van der Waals surface area contributed by atoms with E-state index >= 15 is 0 Å². The van der Waals surface area contributed by atoms with Gasteiger partial charge >= 0.3 is 0 Å². The van der Waals surface area contributed by atoms with E-state index in [9.17, 15) is 13.2 Å². The number of rotatable bonds is 2. The van der Waals surface area contributed by atoms with Gasteiger partial charge in [-0.05, 0) is 6.92 Å². The predicted molar refractivity (Wildman–Crippen MR) is 57.7 cm³/mol. The summed E-state index contributed by atoms with van der Waals surface area (Å²) in [5.74, 6) is -3.86. The van der Waals surface area contributed by atoms with Gasteiger partial charge in [-0.15, -0.1) is 0 Å². The number of nitrogens with zero attached hydrogens (tertiary/aromatic N) is 2. The summed E-state index contributed by atoms with van der Waals surface area (Å²) in [4.78, 5) is 4.75. The maximum atomic E-state index is 13.6. The zero-order valence-electron chi connectivity index (χ0n) is 9.74. The molecule has 0 aliphatic carbocycles. The van der Waals surface area contributed by atoms with Gasteiger partial charge in [0.05, 0.1) is 25.4 Å². The number of aliphatic hydroxyl groups excluding tert-OH is 1. The van der Waals surface area contributed by atoms with E-state index in [2.05, 4.69) is 4.98 Å². The summed E-state index contributed by atoms with van der Waals surface area (Å²) in [6.07, 6.45) is -0.490. The Morgan fingerprint density at radius 2 is 2.17 bits per heavy atom. The van der Waals surface area contributed by atoms with Gasteiger partial charge in [0.1, 0.15) is 0 Å². The van der Waals surface area contributed by atoms with Crippen molar-refractivity contribution in [3.8, 4) is 0 Å². The van der Waals surface area contributed by atoms with Gasteiger partial charge in [0, 0.05) is 12.6 Å². The lowest BCUT2D eigenvalue weighted by Crippen LogP contribution is -2.50. The van der Waals surface area contributed by atoms with E-state index in [1.165, 1.54) is 4.90 Å². The van der Waals surface area contributed by atoms with Crippen LogP contribution in [0.15, 0.2) is 6.07 Å². The third-order valence-electron chi connectivity index (χ3n) is 2.85. The molecule has 0 bridgehead atoms. The molecular weight excluding hydrogens is 249 g/mol. The van der Waals surface area contributed by atoms with E-state index in [0.29, 0.717) is 6.07 Å². The van der Waals surface area contributed by atoms with E-state index in [0.717, 1.165) is 0 Å². The van der Waals surface area contributed by atoms with Crippen LogP contribution in [0.2, 0.25) is 0 Å². The molecule has 1 N–H and O–H groups in total. The molecule has 0 spiro atoms. The molecule has 0 amide bonds. The minimum absolute atomic E-state index is 0.173. The summed E-state index contributed by atoms with van der Waals surface area (Å²) in [6.45, 7) is 1.95. The molecule has 2 atom stereocenters. The standard InChI is InChI=1S/C11H13F3N2O2/c1-6-5-18-7(4-17)3-16(6)11-9(13)2-8(12)10(14)15-11/h2,6-7,17H,3-5H2,1H3. The molecule has 0 radical (unpaired) electrons. The summed E-state index contributed by atoms with van der Waals surface area (Å²) in [6, 6.07) is 0.230. The minimum atomic E-state index is -1.34. The van der Waals surface area contributed by atoms with E-state index in [4.69, 9.17) is 9.84 Å². The second-order valence-corrected chi connectivity index (χ2v) is 4.21. The van der Waals surface area contributed by atoms with Gasteiger partial charge in [-0.2, -0.15) is 9.37 Å². The van der Waals surface area contributed by atoms with Crippen molar-refractivity contribution in [1.29, 1.82) is 0 Å². The quantitative estimate of drug-likeness (QED) is 0.810. The first kappa shape index (κ1) is 13.1. The van der Waals surface area contributed by atoms with Gasteiger partial charge in [0.15, 0.2) is 17.5 Å². The lowest BCUT2D eigenvalue weighted by atomic mass is 10.2. The van der Waals surface area contributed by atoms with Crippen LogP contribution >= 0.6 is 0 Å². The first-order chi connectivity index (χ1) is 8.52. The van der Waals surface area contributed by atoms with Crippen LogP contribution in [0.1, 0.15) is 6.92 Å². The van der Waals surface area contributed by atoms with Gasteiger partial charge in [-0.1, -0.05) is 0 Å². The number of anilines is 1. The van der Waals surface area contributed by atoms with Crippen LogP contribution in [0, 0.1) is 17.6 Å². The number of aliphatic hydroxyl groups is 1. The lowest BCUT2D eigenvalue weighted by molar-refractivity contribution is -0.0108. The van der Waals surface area contributed by atoms with Crippen molar-refractivity contribution >= 4 is 5.82 Å². The Balaban J connectivity index is 2.31. The Labute approximate surface area is 102 Å². The second-order valence-electron chi connectivity index (χ2n) is 4.21. The first-order valence-corrected chi connectivity index (χ1v) is 5.53. The molecule has 18 heavy (non-hydrogen) atoms. The third-order valence-corrected chi connectivity index (χ3v) is 2.85. The van der Waals surface area contributed by atoms with Gasteiger partial charge in [-0.3, -0.25) is 0 Å². The number of pyridine rings is 1. The fourth-order valence-corrected chi connectivity index (χ4v) is 1.86. The summed E-state index contributed by atoms with van der Waals surface area (Å²) < 4.78 is 44.7. The molecule has 0 aromatic carbocycles. The molecule has 0 saturated carbocycles. The summed E-state index contributed by atoms with van der Waals surface area (Å²) in [5, 5.41) is 9.01. The number of ether oxygens (including phenoxy) is 1. The molecule has 1 aliphatic heterocycles. The Kier molecular flexibility index (Phi) is 3.72. The Hall–Kier alpha value is -1.34. The van der Waals surface area contributed by atoms with Crippen LogP contribution in [0.4, 0.5) is 19.0 Å². The van der Waals surface area contributed by atoms with Crippen molar-refractivity contribution in [3.63, 3.8) is 0 Å². The molecular formula is C11H13F3N2O2. The van der Waals surface area contributed by atoms with Crippen molar-refractivity contribution in [2.45, 2.75) is 19.1 Å². The molecule has 2 heterocycles. The molecule has 1 aliphatic rings. The highest BCUT2D eigenvalue weighted by molar-refractivity contribution is 5.42. The maximum Gasteiger partial charge on any atom is 0.251 e. The Morgan fingerprint density at radius 3 is 2.83 bits per heavy atom. The Morgan fingerprint density at radius 1 is 1.44 bits per heavy atom. The molecule has 1 fully saturated rings. The normalized spacial score (nSPS) is 24.4. The van der Waals surface area contributed by atoms with E-state index in [-0.39, 0.29) is 31.6 Å². The molecule has 1 saturated heterocycles. The minimum Gasteiger partial charge on any atom is -0.394 e. The highest BCUT2D eigenvalue weighted by atomic mass is 19.2. The number of hydrogen-bond acceptors (Lipinski definition) is 4. The van der Waals surface area contributed by atoms with Crippen molar-refractivity contribution in [2.75, 3.05) is 24.7 Å². The first-order valence-electron chi connectivity index (χ1n) is 5.53. The largest absolute Gasteiger partial charge is 0.394 e. The zero-order valence-corrected chi connectivity index (χ0v) is 9.74. The van der Waals surface area contributed by atoms with Gasteiger partial charge in [0.2, 0.25) is 0 Å². The van der Waals surface area contributed by atoms with Crippen molar-refractivity contribution in [3.05, 3.63) is 23.6 Å². The van der Waals surface area contributed by atoms with Crippen molar-refractivity contribution in [1.82, 2.24) is 4.98 Å². The summed E-state index contributed by atoms with van der Waals surface area (Å²) in [7, 11) is 0. The summed E-state index contributed by atoms with van der Waals surface area (Å²) in [5.41, 5.74) is 0. The predicted octanol–water partition coefficient (Wildman–Crippen LogP) is 1.08. The van der Waals surface area contributed by atoms with Crippen molar-refractivity contribution in [2.24, 2.45) is 0 Å². The molecule has 2 rings (SSSR count). The van der Waals surface area contributed by atoms with E-state index < -0.39 is 23.7 Å². The van der Waals surface area contributed by atoms with Crippen LogP contribution in [-0.4, -0.2) is 42.0 Å². The van der Waals surface area contributed by atoms with Crippen LogP contribution in [-0.2, 0) is 4.74 Å². The molecule has 1 aromatic rings. The SMILES string of the molecule is CC1COC(CO)CN1c1nc(F)c(F)cc1F. The smallest absolute Gasteiger partial charge is 0.251 e. The fourth-order valence-electron chi connectivity index (χ4n) is 1.86. The van der Waals surface area contributed by atoms with E-state index in [1.807, 2.05) is 0 Å². The molecule has 7 heteroatoms. The van der Waals surface area contributed by atoms with Crippen molar-refractivity contribution < 1.29 is 23.0 Å². The Bertz CT molecular complexity index is 445. The molecule has 4 nitrogen and oxygen atoms in total. The molecule has 1 aromatic heterocycles. The number of hydrogen-bond donors (Lipinski definition) is 1. The zero-order chi connectivity index (χ0) is 13.3. The van der Waals surface area contributed by atoms with Crippen LogP contribution in [0.3, 0.4) is 0 Å². The van der Waals surface area contributed by atoms with Gasteiger partial charge in [-0.25, -0.2) is 8.78 Å². The highest BCUT2D eigenvalue weighted by Crippen LogP contribution is 2.24. The van der Waals surface area contributed by atoms with E-state index in [1.54, 1.807) is 6.92 Å². The molecule has 100 valence electrons. The topological polar surface area (TPSA) is 45.6 Å². The monoisotopic (exact) mass is 262 g/mol. The van der Waals surface area contributed by atoms with Gasteiger partial charge < -0.3 is 14.7 Å². The van der Waals surface area contributed by atoms with Crippen LogP contribution in [0.5, 0.6) is 0 Å². The molecule has 2 unspecified atom stereocenters. The average Bonchev–Trinajstić information content (AvgIpc) is 2.35. The number of halogens is 3. The van der Waals surface area contributed by atoms with Crippen LogP contribution < -0.4 is 4.90 Å². The van der Waals surface area contributed by atoms with Gasteiger partial charge in [0.25, 0.3) is 5.95 Å². The summed E-state index contributed by atoms with van der Waals surface area (Å²) >= 11 is 0. The van der Waals surface area contributed by atoms with Crippen LogP contribution in [0.25, 0.3) is 0 Å². The number of morpholine rings is 1. The average molecular weight is 262 g/mol. The highest BCUT2D eigenvalue weighted by Gasteiger charge is 2.29. The fraction of sp³-hybridized carbons (Fsp3) is 0.545. The maximum absolute atomic E-state index is 13.6. The second kappa shape index (κ2) is 5.11. The number of aromatic nitrogens is 1.